The number of nitrogens with one attached hydrogen (secondary N) is 1. The predicted octanol–water partition coefficient (Wildman–Crippen LogP) is 6.57. The third-order valence-corrected chi connectivity index (χ3v) is 6.83. The Morgan fingerprint density at radius 2 is 1.26 bits per heavy atom. The molecule has 1 fully saturated rings. The van der Waals surface area contributed by atoms with Gasteiger partial charge in [-0.3, -0.25) is 0 Å². The van der Waals surface area contributed by atoms with Gasteiger partial charge in [-0.25, -0.2) is 0 Å². The quantitative estimate of drug-likeness (QED) is 0.588. The van der Waals surface area contributed by atoms with Gasteiger partial charge >= 0.3 is 0 Å². The molecule has 0 aromatic heterocycles. The molecule has 27 heavy (non-hydrogen) atoms. The van der Waals surface area contributed by atoms with Crippen molar-refractivity contribution in [2.75, 3.05) is 0 Å². The molecule has 5 atom stereocenters. The average Bonchev–Trinajstić information content (AvgIpc) is 2.67. The summed E-state index contributed by atoms with van der Waals surface area (Å²) in [5.74, 6) is 0.174. The van der Waals surface area contributed by atoms with Crippen LogP contribution in [-0.2, 0) is 0 Å². The van der Waals surface area contributed by atoms with E-state index in [1.165, 1.54) is 0 Å². The maximum Gasteiger partial charge on any atom is 0.0734 e. The second kappa shape index (κ2) is 8.53. The largest absolute Gasteiger partial charge is 0.389 e. The fourth-order valence-corrected chi connectivity index (χ4v) is 4.75. The van der Waals surface area contributed by atoms with Gasteiger partial charge in [-0.15, -0.1) is 0 Å². The van der Waals surface area contributed by atoms with Gasteiger partial charge in [-0.05, 0) is 41.8 Å². The van der Waals surface area contributed by atoms with Crippen LogP contribution in [0.25, 0.3) is 0 Å². The van der Waals surface area contributed by atoms with E-state index >= 15 is 0 Å². The Bertz CT molecular complexity index is 686. The van der Waals surface area contributed by atoms with E-state index in [1.54, 1.807) is 0 Å². The van der Waals surface area contributed by atoms with Crippen molar-refractivity contribution in [1.29, 1.82) is 0 Å². The minimum absolute atomic E-state index is 0.0565. The van der Waals surface area contributed by atoms with Crippen molar-refractivity contribution in [1.82, 2.24) is 5.32 Å². The van der Waals surface area contributed by atoms with Crippen LogP contribution in [0.5, 0.6) is 0 Å². The number of piperidine rings is 1. The van der Waals surface area contributed by atoms with Gasteiger partial charge in [0.05, 0.1) is 5.60 Å². The Hall–Kier alpha value is -1.06. The fraction of sp³-hybridized carbons (Fsp3) is 0.478. The highest BCUT2D eigenvalue weighted by atomic mass is 35.5. The van der Waals surface area contributed by atoms with Gasteiger partial charge in [0.25, 0.3) is 0 Å². The Kier molecular flexibility index (Phi) is 6.53. The zero-order chi connectivity index (χ0) is 19.6. The molecule has 146 valence electrons. The first-order valence-electron chi connectivity index (χ1n) is 9.86. The van der Waals surface area contributed by atoms with E-state index in [-0.39, 0.29) is 23.9 Å². The van der Waals surface area contributed by atoms with E-state index in [2.05, 4.69) is 50.4 Å². The third-order valence-electron chi connectivity index (χ3n) is 6.33. The smallest absolute Gasteiger partial charge is 0.0734 e. The molecule has 0 aliphatic carbocycles. The SMILES string of the molecule is CCCCC1(O)[C@@H](C)[C@@H](c2ccc(Cl)cc2)N[C@@H](c2ccc(Cl)cc2)[C@@H]1C. The molecule has 0 bridgehead atoms. The number of unbranched alkanes of at least 4 members (excludes halogenated alkanes) is 1. The number of hydrogen-bond donors (Lipinski definition) is 2. The summed E-state index contributed by atoms with van der Waals surface area (Å²) in [5.41, 5.74) is 1.58. The Balaban J connectivity index is 2.01. The zero-order valence-corrected chi connectivity index (χ0v) is 17.8. The van der Waals surface area contributed by atoms with Crippen LogP contribution in [0.3, 0.4) is 0 Å². The zero-order valence-electron chi connectivity index (χ0n) is 16.3. The van der Waals surface area contributed by atoms with E-state index in [0.29, 0.717) is 0 Å². The average molecular weight is 406 g/mol. The monoisotopic (exact) mass is 405 g/mol. The topological polar surface area (TPSA) is 32.3 Å². The number of benzene rings is 2. The summed E-state index contributed by atoms with van der Waals surface area (Å²) in [4.78, 5) is 0. The number of aliphatic hydroxyl groups is 1. The van der Waals surface area contributed by atoms with Gasteiger partial charge in [0.1, 0.15) is 0 Å². The van der Waals surface area contributed by atoms with Crippen LogP contribution in [-0.4, -0.2) is 10.7 Å². The molecule has 0 amide bonds. The van der Waals surface area contributed by atoms with E-state index in [1.807, 2.05) is 24.3 Å². The van der Waals surface area contributed by atoms with Crippen molar-refractivity contribution in [2.45, 2.75) is 57.7 Å². The van der Waals surface area contributed by atoms with Crippen LogP contribution < -0.4 is 5.32 Å². The van der Waals surface area contributed by atoms with Crippen molar-refractivity contribution >= 4 is 23.2 Å². The molecule has 2 aromatic rings. The summed E-state index contributed by atoms with van der Waals surface area (Å²) in [5, 5.41) is 17.1. The molecule has 2 N–H and O–H groups in total. The molecular weight excluding hydrogens is 377 g/mol. The van der Waals surface area contributed by atoms with E-state index in [9.17, 15) is 5.11 Å². The minimum Gasteiger partial charge on any atom is -0.389 e. The number of halogens is 2. The standard InChI is InChI=1S/C23H29Cl2NO/c1-4-5-14-23(27)15(2)21(17-6-10-19(24)11-7-17)26-22(16(23)3)18-8-12-20(25)13-9-18/h6-13,15-16,21-22,26-27H,4-5,14H2,1-3H3/t15-,16-,21-,22+,23?/m0/s1. The van der Waals surface area contributed by atoms with E-state index < -0.39 is 5.60 Å². The fourth-order valence-electron chi connectivity index (χ4n) is 4.50. The maximum atomic E-state index is 11.8. The van der Waals surface area contributed by atoms with Gasteiger partial charge in [0, 0.05) is 34.0 Å². The molecule has 0 radical (unpaired) electrons. The molecule has 4 heteroatoms. The molecule has 1 unspecified atom stereocenters. The van der Waals surface area contributed by atoms with Crippen molar-refractivity contribution < 1.29 is 5.11 Å². The molecule has 1 heterocycles. The van der Waals surface area contributed by atoms with Crippen LogP contribution in [0.2, 0.25) is 10.0 Å². The van der Waals surface area contributed by atoms with Crippen LogP contribution in [0.1, 0.15) is 63.2 Å². The van der Waals surface area contributed by atoms with Crippen molar-refractivity contribution in [3.8, 4) is 0 Å². The molecular formula is C23H29Cl2NO. The van der Waals surface area contributed by atoms with Crippen LogP contribution in [0.4, 0.5) is 0 Å². The second-order valence-electron chi connectivity index (χ2n) is 7.90. The van der Waals surface area contributed by atoms with Gasteiger partial charge < -0.3 is 10.4 Å². The van der Waals surface area contributed by atoms with Crippen molar-refractivity contribution in [3.05, 3.63) is 69.7 Å². The summed E-state index contributed by atoms with van der Waals surface area (Å²) in [6, 6.07) is 16.0. The Labute approximate surface area is 172 Å². The summed E-state index contributed by atoms with van der Waals surface area (Å²) < 4.78 is 0. The molecule has 2 nitrogen and oxygen atoms in total. The van der Waals surface area contributed by atoms with E-state index in [4.69, 9.17) is 23.2 Å². The van der Waals surface area contributed by atoms with Crippen molar-refractivity contribution in [2.24, 2.45) is 11.8 Å². The minimum atomic E-state index is -0.740. The molecule has 0 spiro atoms. The van der Waals surface area contributed by atoms with Crippen molar-refractivity contribution in [3.63, 3.8) is 0 Å². The highest BCUT2D eigenvalue weighted by Crippen LogP contribution is 2.49. The summed E-state index contributed by atoms with van der Waals surface area (Å²) in [6.07, 6.45) is 2.90. The highest BCUT2D eigenvalue weighted by Gasteiger charge is 2.50. The lowest BCUT2D eigenvalue weighted by Gasteiger charge is -2.52. The normalized spacial score (nSPS) is 31.0. The van der Waals surface area contributed by atoms with Gasteiger partial charge in [0.2, 0.25) is 0 Å². The van der Waals surface area contributed by atoms with E-state index in [0.717, 1.165) is 40.4 Å². The van der Waals surface area contributed by atoms with Gasteiger partial charge in [-0.1, -0.05) is 81.1 Å². The first-order valence-corrected chi connectivity index (χ1v) is 10.6. The Morgan fingerprint density at radius 3 is 1.63 bits per heavy atom. The first-order chi connectivity index (χ1) is 12.9. The van der Waals surface area contributed by atoms with Crippen LogP contribution in [0, 0.1) is 11.8 Å². The highest BCUT2D eigenvalue weighted by molar-refractivity contribution is 6.30. The Morgan fingerprint density at radius 1 is 0.852 bits per heavy atom. The van der Waals surface area contributed by atoms with Gasteiger partial charge in [-0.2, -0.15) is 0 Å². The predicted molar refractivity (Wildman–Crippen MR) is 114 cm³/mol. The summed E-state index contributed by atoms with van der Waals surface area (Å²) in [7, 11) is 0. The molecule has 0 saturated carbocycles. The lowest BCUT2D eigenvalue weighted by Crippen LogP contribution is -2.57. The first kappa shape index (κ1) is 20.7. The van der Waals surface area contributed by atoms with Gasteiger partial charge in [0.15, 0.2) is 0 Å². The lowest BCUT2D eigenvalue weighted by molar-refractivity contribution is -0.117. The van der Waals surface area contributed by atoms with Crippen LogP contribution in [0.15, 0.2) is 48.5 Å². The molecule has 2 aromatic carbocycles. The third kappa shape index (κ3) is 4.19. The molecule has 1 aliphatic heterocycles. The lowest BCUT2D eigenvalue weighted by atomic mass is 9.64. The summed E-state index contributed by atoms with van der Waals surface area (Å²) >= 11 is 12.2. The number of rotatable bonds is 5. The molecule has 1 aliphatic rings. The van der Waals surface area contributed by atoms with Crippen LogP contribution >= 0.6 is 23.2 Å². The molecule has 3 rings (SSSR count). The second-order valence-corrected chi connectivity index (χ2v) is 8.77. The number of hydrogen-bond acceptors (Lipinski definition) is 2. The maximum absolute atomic E-state index is 11.8. The molecule has 1 saturated heterocycles. The summed E-state index contributed by atoms with van der Waals surface area (Å²) in [6.45, 7) is 6.50.